The Bertz CT molecular complexity index is 440. The van der Waals surface area contributed by atoms with Gasteiger partial charge in [0.15, 0.2) is 0 Å². The summed E-state index contributed by atoms with van der Waals surface area (Å²) in [5.74, 6) is 0. The third-order valence-corrected chi connectivity index (χ3v) is 1.97. The van der Waals surface area contributed by atoms with E-state index in [1.807, 2.05) is 5.32 Å². The molecule has 0 fully saturated rings. The van der Waals surface area contributed by atoms with Crippen LogP contribution in [0.25, 0.3) is 0 Å². The largest absolute Gasteiger partial charge is 0.444 e. The molecule has 0 atom stereocenters. The lowest BCUT2D eigenvalue weighted by Crippen LogP contribution is -2.33. The summed E-state index contributed by atoms with van der Waals surface area (Å²) in [7, 11) is 0. The SMILES string of the molecule is [2H]C([2H])(NC(=O)OC(C)(C)C)C([2H])([2H])c1ccsc1. The Labute approximate surface area is 100 Å². The summed E-state index contributed by atoms with van der Waals surface area (Å²) in [5.41, 5.74) is -0.589. The van der Waals surface area contributed by atoms with Crippen LogP contribution in [0, 0.1) is 0 Å². The first-order valence-electron chi connectivity index (χ1n) is 6.49. The van der Waals surface area contributed by atoms with Gasteiger partial charge in [-0.25, -0.2) is 4.79 Å². The van der Waals surface area contributed by atoms with E-state index in [1.54, 1.807) is 26.2 Å². The number of hydrogen-bond acceptors (Lipinski definition) is 3. The van der Waals surface area contributed by atoms with Crippen molar-refractivity contribution in [3.63, 3.8) is 0 Å². The molecule has 0 aliphatic carbocycles. The van der Waals surface area contributed by atoms with Crippen LogP contribution in [0.5, 0.6) is 0 Å². The zero-order chi connectivity index (χ0) is 14.9. The monoisotopic (exact) mass is 231 g/mol. The first-order valence-corrected chi connectivity index (χ1v) is 5.44. The van der Waals surface area contributed by atoms with Crippen LogP contribution in [0.3, 0.4) is 0 Å². The number of rotatable bonds is 3. The van der Waals surface area contributed by atoms with E-state index in [4.69, 9.17) is 10.2 Å². The molecule has 0 bridgehead atoms. The Balaban J connectivity index is 2.84. The predicted molar refractivity (Wildman–Crippen MR) is 62.3 cm³/mol. The number of amides is 1. The minimum atomic E-state index is -2.57. The fourth-order valence-electron chi connectivity index (χ4n) is 0.794. The van der Waals surface area contributed by atoms with Gasteiger partial charge in [0.2, 0.25) is 0 Å². The van der Waals surface area contributed by atoms with Crippen molar-refractivity contribution in [2.24, 2.45) is 0 Å². The summed E-state index contributed by atoms with van der Waals surface area (Å²) in [6.07, 6.45) is -3.33. The van der Waals surface area contributed by atoms with Crippen molar-refractivity contribution >= 4 is 17.4 Å². The molecule has 0 saturated carbocycles. The molecule has 0 radical (unpaired) electrons. The molecule has 84 valence electrons. The number of carbonyl (C=O) groups excluding carboxylic acids is 1. The molecule has 0 unspecified atom stereocenters. The highest BCUT2D eigenvalue weighted by atomic mass is 32.1. The molecule has 1 N–H and O–H groups in total. The van der Waals surface area contributed by atoms with Gasteiger partial charge in [-0.15, -0.1) is 0 Å². The molecule has 0 saturated heterocycles. The highest BCUT2D eigenvalue weighted by Gasteiger charge is 2.15. The molecule has 1 heterocycles. The Morgan fingerprint density at radius 1 is 1.67 bits per heavy atom. The summed E-state index contributed by atoms with van der Waals surface area (Å²) >= 11 is 1.26. The molecule has 1 aromatic heterocycles. The number of ether oxygens (including phenoxy) is 1. The molecule has 0 spiro atoms. The minimum absolute atomic E-state index is 0.179. The first kappa shape index (κ1) is 7.28. The number of aryl methyl sites for hydroxylation is 1. The normalized spacial score (nSPS) is 17.0. The van der Waals surface area contributed by atoms with Gasteiger partial charge >= 0.3 is 6.09 Å². The first-order chi connectivity index (χ1) is 8.46. The van der Waals surface area contributed by atoms with E-state index in [9.17, 15) is 4.79 Å². The smallest absolute Gasteiger partial charge is 0.407 e. The maximum absolute atomic E-state index is 11.6. The molecule has 1 rings (SSSR count). The topological polar surface area (TPSA) is 38.3 Å². The third-order valence-electron chi connectivity index (χ3n) is 1.29. The molecular weight excluding hydrogens is 210 g/mol. The van der Waals surface area contributed by atoms with E-state index in [0.29, 0.717) is 0 Å². The van der Waals surface area contributed by atoms with Crippen LogP contribution >= 0.6 is 11.3 Å². The third kappa shape index (κ3) is 5.42. The Morgan fingerprint density at radius 2 is 2.40 bits per heavy atom. The second-order valence-corrected chi connectivity index (χ2v) is 4.67. The standard InChI is InChI=1S/C11H17NO2S/c1-11(2,3)14-10(13)12-6-4-9-5-7-15-8-9/h5,7-8H,4,6H2,1-3H3,(H,12,13)/i4D2,6D2. The summed E-state index contributed by atoms with van der Waals surface area (Å²) < 4.78 is 36.1. The van der Waals surface area contributed by atoms with Gasteiger partial charge in [-0.1, -0.05) is 0 Å². The van der Waals surface area contributed by atoms with Crippen LogP contribution in [0.15, 0.2) is 16.8 Å². The van der Waals surface area contributed by atoms with Crippen molar-refractivity contribution in [2.45, 2.75) is 32.7 Å². The van der Waals surface area contributed by atoms with Crippen molar-refractivity contribution < 1.29 is 15.0 Å². The van der Waals surface area contributed by atoms with Crippen LogP contribution in [0.1, 0.15) is 31.8 Å². The minimum Gasteiger partial charge on any atom is -0.444 e. The van der Waals surface area contributed by atoms with Crippen LogP contribution in [-0.2, 0) is 11.1 Å². The molecule has 0 aliphatic rings. The van der Waals surface area contributed by atoms with Gasteiger partial charge in [0, 0.05) is 12.0 Å². The summed E-state index contributed by atoms with van der Waals surface area (Å²) in [6.45, 7) is 2.37. The van der Waals surface area contributed by atoms with Gasteiger partial charge < -0.3 is 10.1 Å². The van der Waals surface area contributed by atoms with E-state index >= 15 is 0 Å². The lowest BCUT2D eigenvalue weighted by Gasteiger charge is -2.19. The number of hydrogen-bond donors (Lipinski definition) is 1. The average Bonchev–Trinajstić information content (AvgIpc) is 2.64. The quantitative estimate of drug-likeness (QED) is 0.868. The maximum Gasteiger partial charge on any atom is 0.407 e. The van der Waals surface area contributed by atoms with E-state index in [1.165, 1.54) is 22.8 Å². The summed E-state index contributed by atoms with van der Waals surface area (Å²) in [5, 5.41) is 5.10. The second-order valence-electron chi connectivity index (χ2n) is 3.89. The van der Waals surface area contributed by atoms with Crippen LogP contribution in [0.2, 0.25) is 0 Å². The lowest BCUT2D eigenvalue weighted by atomic mass is 10.2. The fourth-order valence-corrected chi connectivity index (χ4v) is 1.38. The van der Waals surface area contributed by atoms with Crippen molar-refractivity contribution in [1.29, 1.82) is 0 Å². The van der Waals surface area contributed by atoms with Gasteiger partial charge in [-0.3, -0.25) is 0 Å². The van der Waals surface area contributed by atoms with Crippen LogP contribution < -0.4 is 5.32 Å². The highest BCUT2D eigenvalue weighted by molar-refractivity contribution is 7.07. The van der Waals surface area contributed by atoms with Crippen molar-refractivity contribution in [1.82, 2.24) is 5.32 Å². The van der Waals surface area contributed by atoms with Crippen LogP contribution in [-0.4, -0.2) is 18.2 Å². The van der Waals surface area contributed by atoms with Crippen molar-refractivity contribution in [3.8, 4) is 0 Å². The van der Waals surface area contributed by atoms with Crippen molar-refractivity contribution in [3.05, 3.63) is 22.4 Å². The molecule has 1 aromatic rings. The second kappa shape index (κ2) is 5.16. The van der Waals surface area contributed by atoms with E-state index < -0.39 is 24.6 Å². The van der Waals surface area contributed by atoms with Gasteiger partial charge in [-0.2, -0.15) is 11.3 Å². The van der Waals surface area contributed by atoms with Gasteiger partial charge in [-0.05, 0) is 49.5 Å². The number of alkyl carbamates (subject to hydrolysis) is 1. The molecule has 15 heavy (non-hydrogen) atoms. The molecular formula is C11H17NO2S. The number of nitrogens with one attached hydrogen (secondary N) is 1. The number of carbonyl (C=O) groups is 1. The zero-order valence-electron chi connectivity index (χ0n) is 13.0. The predicted octanol–water partition coefficient (Wildman–Crippen LogP) is 2.82. The van der Waals surface area contributed by atoms with Crippen LogP contribution in [0.4, 0.5) is 4.79 Å². The van der Waals surface area contributed by atoms with E-state index in [-0.39, 0.29) is 5.56 Å². The molecule has 0 aliphatic heterocycles. The molecule has 1 amide bonds. The van der Waals surface area contributed by atoms with Gasteiger partial charge in [0.25, 0.3) is 0 Å². The number of thiophene rings is 1. The fraction of sp³-hybridized carbons (Fsp3) is 0.545. The maximum atomic E-state index is 11.6. The molecule has 4 heteroatoms. The average molecular weight is 231 g/mol. The molecule has 3 nitrogen and oxygen atoms in total. The highest BCUT2D eigenvalue weighted by Crippen LogP contribution is 2.07. The zero-order valence-corrected chi connectivity index (χ0v) is 9.77. The summed E-state index contributed by atoms with van der Waals surface area (Å²) in [6, 6.07) is 1.49. The van der Waals surface area contributed by atoms with Gasteiger partial charge in [0.05, 0.1) is 0 Å². The Hall–Kier alpha value is -1.03. The lowest BCUT2D eigenvalue weighted by molar-refractivity contribution is 0.0528. The van der Waals surface area contributed by atoms with Crippen molar-refractivity contribution in [2.75, 3.05) is 6.50 Å². The Morgan fingerprint density at radius 3 is 2.93 bits per heavy atom. The van der Waals surface area contributed by atoms with E-state index in [2.05, 4.69) is 0 Å². The summed E-state index contributed by atoms with van der Waals surface area (Å²) in [4.78, 5) is 11.6. The van der Waals surface area contributed by atoms with E-state index in [0.717, 1.165) is 0 Å². The molecule has 0 aromatic carbocycles. The van der Waals surface area contributed by atoms with Gasteiger partial charge in [0.1, 0.15) is 5.60 Å². The Kier molecular flexibility index (Phi) is 2.51.